The fourth-order valence-electron chi connectivity index (χ4n) is 2.21. The Morgan fingerprint density at radius 2 is 1.87 bits per heavy atom. The molecular formula is C12H22O3. The average Bonchev–Trinajstić information content (AvgIpc) is 2.44. The van der Waals surface area contributed by atoms with Crippen LogP contribution in [-0.4, -0.2) is 25.3 Å². The van der Waals surface area contributed by atoms with Gasteiger partial charge >= 0.3 is 5.97 Å². The Balaban J connectivity index is 2.56. The summed E-state index contributed by atoms with van der Waals surface area (Å²) in [5.74, 6) is -0.106. The summed E-state index contributed by atoms with van der Waals surface area (Å²) >= 11 is 0. The van der Waals surface area contributed by atoms with E-state index >= 15 is 0 Å². The molecule has 0 bridgehead atoms. The van der Waals surface area contributed by atoms with E-state index in [2.05, 4.69) is 0 Å². The molecule has 0 aromatic carbocycles. The van der Waals surface area contributed by atoms with Gasteiger partial charge in [0, 0.05) is 6.61 Å². The van der Waals surface area contributed by atoms with E-state index in [0.29, 0.717) is 13.2 Å². The van der Waals surface area contributed by atoms with Gasteiger partial charge in [-0.1, -0.05) is 19.3 Å². The maximum Gasteiger partial charge on any atom is 0.311 e. The van der Waals surface area contributed by atoms with Crippen LogP contribution in [0.1, 0.15) is 46.0 Å². The monoisotopic (exact) mass is 214 g/mol. The van der Waals surface area contributed by atoms with Gasteiger partial charge in [0.05, 0.1) is 18.6 Å². The van der Waals surface area contributed by atoms with Crippen molar-refractivity contribution in [3.05, 3.63) is 0 Å². The Bertz CT molecular complexity index is 191. The summed E-state index contributed by atoms with van der Waals surface area (Å²) < 4.78 is 10.7. The van der Waals surface area contributed by atoms with Crippen molar-refractivity contribution in [2.75, 3.05) is 13.2 Å². The number of ether oxygens (including phenoxy) is 2. The van der Waals surface area contributed by atoms with E-state index in [0.717, 1.165) is 19.3 Å². The first-order valence-electron chi connectivity index (χ1n) is 6.07. The lowest BCUT2D eigenvalue weighted by molar-refractivity contribution is -0.154. The molecule has 3 heteroatoms. The van der Waals surface area contributed by atoms with Crippen LogP contribution in [0.15, 0.2) is 0 Å². The van der Waals surface area contributed by atoms with Crippen LogP contribution < -0.4 is 0 Å². The van der Waals surface area contributed by atoms with E-state index in [1.807, 2.05) is 13.8 Å². The first kappa shape index (κ1) is 12.5. The van der Waals surface area contributed by atoms with Gasteiger partial charge in [-0.3, -0.25) is 4.79 Å². The Kier molecular flexibility index (Phi) is 5.69. The second kappa shape index (κ2) is 6.83. The van der Waals surface area contributed by atoms with Crippen molar-refractivity contribution in [1.29, 1.82) is 0 Å². The summed E-state index contributed by atoms with van der Waals surface area (Å²) in [5, 5.41) is 0. The molecule has 0 N–H and O–H groups in total. The predicted molar refractivity (Wildman–Crippen MR) is 58.6 cm³/mol. The molecule has 2 atom stereocenters. The molecule has 1 aliphatic carbocycles. The molecule has 1 fully saturated rings. The second-order valence-corrected chi connectivity index (χ2v) is 3.99. The van der Waals surface area contributed by atoms with Crippen molar-refractivity contribution in [3.8, 4) is 0 Å². The van der Waals surface area contributed by atoms with Crippen LogP contribution in [0.4, 0.5) is 0 Å². The zero-order valence-corrected chi connectivity index (χ0v) is 9.83. The van der Waals surface area contributed by atoms with Gasteiger partial charge in [-0.2, -0.15) is 0 Å². The minimum atomic E-state index is -0.0714. The Hall–Kier alpha value is -0.570. The van der Waals surface area contributed by atoms with Gasteiger partial charge in [-0.25, -0.2) is 0 Å². The van der Waals surface area contributed by atoms with Crippen LogP contribution in [0, 0.1) is 5.92 Å². The van der Waals surface area contributed by atoms with E-state index in [4.69, 9.17) is 9.47 Å². The highest BCUT2D eigenvalue weighted by atomic mass is 16.5. The predicted octanol–water partition coefficient (Wildman–Crippen LogP) is 2.53. The minimum Gasteiger partial charge on any atom is -0.466 e. The van der Waals surface area contributed by atoms with E-state index in [1.54, 1.807) is 0 Å². The van der Waals surface area contributed by atoms with Crippen molar-refractivity contribution in [1.82, 2.24) is 0 Å². The lowest BCUT2D eigenvalue weighted by Gasteiger charge is -2.23. The number of carbonyl (C=O) groups excluding carboxylic acids is 1. The molecule has 1 rings (SSSR count). The fraction of sp³-hybridized carbons (Fsp3) is 0.917. The molecule has 88 valence electrons. The third kappa shape index (κ3) is 3.82. The van der Waals surface area contributed by atoms with Crippen LogP contribution in [0.2, 0.25) is 0 Å². The topological polar surface area (TPSA) is 35.5 Å². The number of hydrogen-bond acceptors (Lipinski definition) is 3. The third-order valence-corrected chi connectivity index (χ3v) is 2.92. The first-order valence-corrected chi connectivity index (χ1v) is 6.07. The lowest BCUT2D eigenvalue weighted by Crippen LogP contribution is -2.31. The minimum absolute atomic E-state index is 0.0348. The zero-order chi connectivity index (χ0) is 11.1. The molecule has 1 aliphatic rings. The van der Waals surface area contributed by atoms with Gasteiger partial charge in [0.25, 0.3) is 0 Å². The molecule has 2 unspecified atom stereocenters. The molecule has 3 nitrogen and oxygen atoms in total. The van der Waals surface area contributed by atoms with Crippen LogP contribution >= 0.6 is 0 Å². The quantitative estimate of drug-likeness (QED) is 0.533. The summed E-state index contributed by atoms with van der Waals surface area (Å²) in [6.45, 7) is 4.98. The van der Waals surface area contributed by atoms with Crippen molar-refractivity contribution in [2.24, 2.45) is 5.92 Å². The maximum atomic E-state index is 11.7. The largest absolute Gasteiger partial charge is 0.466 e. The van der Waals surface area contributed by atoms with Gasteiger partial charge in [-0.05, 0) is 26.7 Å². The third-order valence-electron chi connectivity index (χ3n) is 2.92. The molecule has 0 spiro atoms. The van der Waals surface area contributed by atoms with Crippen molar-refractivity contribution in [3.63, 3.8) is 0 Å². The summed E-state index contributed by atoms with van der Waals surface area (Å²) in [5.41, 5.74) is 0. The normalized spacial score (nSPS) is 27.1. The maximum absolute atomic E-state index is 11.7. The van der Waals surface area contributed by atoms with Crippen molar-refractivity contribution < 1.29 is 14.3 Å². The van der Waals surface area contributed by atoms with Crippen LogP contribution in [0.5, 0.6) is 0 Å². The average molecular weight is 214 g/mol. The molecule has 0 amide bonds. The Morgan fingerprint density at radius 1 is 1.13 bits per heavy atom. The summed E-state index contributed by atoms with van der Waals surface area (Å²) in [6.07, 6.45) is 5.49. The summed E-state index contributed by atoms with van der Waals surface area (Å²) in [4.78, 5) is 11.7. The van der Waals surface area contributed by atoms with Gasteiger partial charge in [0.15, 0.2) is 0 Å². The van der Waals surface area contributed by atoms with Gasteiger partial charge < -0.3 is 9.47 Å². The Morgan fingerprint density at radius 3 is 2.53 bits per heavy atom. The standard InChI is InChI=1S/C12H22O3/c1-3-14-11-9-7-5-6-8-10(11)12(13)15-4-2/h10-11H,3-9H2,1-2H3. The SMILES string of the molecule is CCOC(=O)C1CCCCCC1OCC. The van der Waals surface area contributed by atoms with E-state index in [1.165, 1.54) is 12.8 Å². The van der Waals surface area contributed by atoms with Crippen molar-refractivity contribution >= 4 is 5.97 Å². The molecule has 0 saturated heterocycles. The molecule has 0 heterocycles. The molecule has 0 aliphatic heterocycles. The summed E-state index contributed by atoms with van der Waals surface area (Å²) in [6, 6.07) is 0. The molecule has 1 saturated carbocycles. The Labute approximate surface area is 92.1 Å². The van der Waals surface area contributed by atoms with Crippen LogP contribution in [0.3, 0.4) is 0 Å². The number of esters is 1. The fourth-order valence-corrected chi connectivity index (χ4v) is 2.21. The van der Waals surface area contributed by atoms with E-state index < -0.39 is 0 Å². The molecule has 0 radical (unpaired) electrons. The molecule has 0 aromatic heterocycles. The number of hydrogen-bond donors (Lipinski definition) is 0. The second-order valence-electron chi connectivity index (χ2n) is 3.99. The first-order chi connectivity index (χ1) is 7.29. The van der Waals surface area contributed by atoms with Crippen LogP contribution in [0.25, 0.3) is 0 Å². The van der Waals surface area contributed by atoms with Gasteiger partial charge in [-0.15, -0.1) is 0 Å². The number of rotatable bonds is 4. The molecule has 0 aromatic rings. The molecular weight excluding hydrogens is 192 g/mol. The van der Waals surface area contributed by atoms with Gasteiger partial charge in [0.2, 0.25) is 0 Å². The zero-order valence-electron chi connectivity index (χ0n) is 9.83. The highest BCUT2D eigenvalue weighted by molar-refractivity contribution is 5.73. The summed E-state index contributed by atoms with van der Waals surface area (Å²) in [7, 11) is 0. The smallest absolute Gasteiger partial charge is 0.311 e. The highest BCUT2D eigenvalue weighted by Crippen LogP contribution is 2.26. The van der Waals surface area contributed by atoms with Crippen LogP contribution in [-0.2, 0) is 14.3 Å². The highest BCUT2D eigenvalue weighted by Gasteiger charge is 2.31. The number of carbonyl (C=O) groups is 1. The van der Waals surface area contributed by atoms with Gasteiger partial charge in [0.1, 0.15) is 0 Å². The van der Waals surface area contributed by atoms with E-state index in [9.17, 15) is 4.79 Å². The molecule has 15 heavy (non-hydrogen) atoms. The lowest BCUT2D eigenvalue weighted by atomic mass is 9.97. The van der Waals surface area contributed by atoms with Crippen molar-refractivity contribution in [2.45, 2.75) is 52.1 Å². The van der Waals surface area contributed by atoms with E-state index in [-0.39, 0.29) is 18.0 Å².